The molecule has 1 unspecified atom stereocenters. The fourth-order valence-corrected chi connectivity index (χ4v) is 2.58. The van der Waals surface area contributed by atoms with Gasteiger partial charge >= 0.3 is 0 Å². The van der Waals surface area contributed by atoms with E-state index in [0.717, 1.165) is 30.6 Å². The molecule has 98 valence electrons. The van der Waals surface area contributed by atoms with Crippen molar-refractivity contribution in [2.45, 2.75) is 13.0 Å². The fourth-order valence-electron chi connectivity index (χ4n) is 1.49. The highest BCUT2D eigenvalue weighted by molar-refractivity contribution is 7.16. The van der Waals surface area contributed by atoms with Crippen molar-refractivity contribution < 1.29 is 4.74 Å². The minimum Gasteiger partial charge on any atom is -0.383 e. The average molecular weight is 277 g/mol. The lowest BCUT2D eigenvalue weighted by Gasteiger charge is -2.18. The van der Waals surface area contributed by atoms with E-state index in [1.807, 2.05) is 6.07 Å². The largest absolute Gasteiger partial charge is 0.383 e. The molecule has 1 rings (SSSR count). The first-order chi connectivity index (χ1) is 8.13. The van der Waals surface area contributed by atoms with Crippen molar-refractivity contribution >= 4 is 22.9 Å². The second kappa shape index (κ2) is 8.06. The highest BCUT2D eigenvalue weighted by atomic mass is 35.5. The number of ether oxygens (including phenoxy) is 1. The lowest BCUT2D eigenvalue weighted by atomic mass is 10.3. The molecular weight excluding hydrogens is 256 g/mol. The van der Waals surface area contributed by atoms with Gasteiger partial charge in [0.1, 0.15) is 0 Å². The molecule has 0 aromatic carbocycles. The third-order valence-corrected chi connectivity index (χ3v) is 4.06. The zero-order chi connectivity index (χ0) is 12.7. The van der Waals surface area contributed by atoms with Crippen LogP contribution >= 0.6 is 22.9 Å². The Labute approximate surface area is 113 Å². The van der Waals surface area contributed by atoms with Crippen LogP contribution in [0.3, 0.4) is 0 Å². The van der Waals surface area contributed by atoms with Crippen molar-refractivity contribution in [1.82, 2.24) is 10.2 Å². The molecule has 5 heteroatoms. The molecule has 0 amide bonds. The Hall–Kier alpha value is -0.130. The molecule has 1 aromatic heterocycles. The second-order valence-electron chi connectivity index (χ2n) is 4.11. The first-order valence-electron chi connectivity index (χ1n) is 5.79. The smallest absolute Gasteiger partial charge is 0.0931 e. The molecule has 0 aliphatic heterocycles. The summed E-state index contributed by atoms with van der Waals surface area (Å²) < 4.78 is 5.89. The van der Waals surface area contributed by atoms with E-state index >= 15 is 0 Å². The fraction of sp³-hybridized carbons (Fsp3) is 0.667. The van der Waals surface area contributed by atoms with Crippen LogP contribution < -0.4 is 5.32 Å². The van der Waals surface area contributed by atoms with Crippen LogP contribution in [0.15, 0.2) is 12.1 Å². The van der Waals surface area contributed by atoms with Gasteiger partial charge < -0.3 is 15.0 Å². The number of halogens is 1. The van der Waals surface area contributed by atoms with Crippen molar-refractivity contribution in [3.8, 4) is 0 Å². The summed E-state index contributed by atoms with van der Waals surface area (Å²) in [5, 5.41) is 3.49. The number of rotatable bonds is 8. The molecule has 1 N–H and O–H groups in total. The van der Waals surface area contributed by atoms with Gasteiger partial charge in [-0.3, -0.25) is 0 Å². The highest BCUT2D eigenvalue weighted by Gasteiger charge is 2.07. The molecule has 0 fully saturated rings. The maximum absolute atomic E-state index is 5.91. The molecule has 0 bridgehead atoms. The average Bonchev–Trinajstić information content (AvgIpc) is 2.73. The molecule has 0 saturated heterocycles. The molecule has 0 saturated carbocycles. The van der Waals surface area contributed by atoms with Crippen molar-refractivity contribution in [3.63, 3.8) is 0 Å². The van der Waals surface area contributed by atoms with Crippen LogP contribution in [-0.4, -0.2) is 45.3 Å². The van der Waals surface area contributed by atoms with Gasteiger partial charge in [-0.1, -0.05) is 11.6 Å². The van der Waals surface area contributed by atoms with Gasteiger partial charge in [0, 0.05) is 37.7 Å². The quantitative estimate of drug-likeness (QED) is 0.790. The van der Waals surface area contributed by atoms with Crippen molar-refractivity contribution in [3.05, 3.63) is 21.3 Å². The third kappa shape index (κ3) is 5.84. The van der Waals surface area contributed by atoms with Gasteiger partial charge in [-0.2, -0.15) is 0 Å². The number of hydrogen-bond donors (Lipinski definition) is 1. The predicted octanol–water partition coefficient (Wildman–Crippen LogP) is 2.63. The predicted molar refractivity (Wildman–Crippen MR) is 75.1 cm³/mol. The van der Waals surface area contributed by atoms with E-state index in [9.17, 15) is 0 Å². The maximum atomic E-state index is 5.91. The Morgan fingerprint density at radius 3 is 2.82 bits per heavy atom. The van der Waals surface area contributed by atoms with Crippen LogP contribution in [0.2, 0.25) is 4.34 Å². The van der Waals surface area contributed by atoms with Crippen molar-refractivity contribution in [2.24, 2.45) is 0 Å². The molecule has 1 heterocycles. The number of hydrogen-bond acceptors (Lipinski definition) is 4. The molecular formula is C12H21ClN2OS. The summed E-state index contributed by atoms with van der Waals surface area (Å²) in [4.78, 5) is 3.54. The number of methoxy groups -OCH3 is 1. The van der Waals surface area contributed by atoms with E-state index in [0.29, 0.717) is 6.04 Å². The van der Waals surface area contributed by atoms with Crippen molar-refractivity contribution in [1.29, 1.82) is 0 Å². The van der Waals surface area contributed by atoms with E-state index in [2.05, 4.69) is 30.3 Å². The molecule has 0 spiro atoms. The zero-order valence-corrected chi connectivity index (χ0v) is 12.3. The summed E-state index contributed by atoms with van der Waals surface area (Å²) in [7, 11) is 3.84. The Balaban J connectivity index is 2.18. The maximum Gasteiger partial charge on any atom is 0.0931 e. The van der Waals surface area contributed by atoms with Gasteiger partial charge in [0.2, 0.25) is 0 Å². The second-order valence-corrected chi connectivity index (χ2v) is 5.86. The Bertz CT molecular complexity index is 319. The van der Waals surface area contributed by atoms with Crippen LogP contribution in [0.4, 0.5) is 0 Å². The van der Waals surface area contributed by atoms with Gasteiger partial charge in [0.05, 0.1) is 10.9 Å². The Morgan fingerprint density at radius 2 is 2.24 bits per heavy atom. The third-order valence-electron chi connectivity index (χ3n) is 2.64. The molecule has 0 radical (unpaired) electrons. The van der Waals surface area contributed by atoms with Crippen LogP contribution in [0.1, 0.15) is 17.8 Å². The summed E-state index contributed by atoms with van der Waals surface area (Å²) in [6.07, 6.45) is 0. The van der Waals surface area contributed by atoms with E-state index in [4.69, 9.17) is 16.3 Å². The minimum atomic E-state index is 0.364. The van der Waals surface area contributed by atoms with E-state index in [1.54, 1.807) is 18.4 Å². The van der Waals surface area contributed by atoms with E-state index in [1.165, 1.54) is 4.88 Å². The normalized spacial score (nSPS) is 13.2. The van der Waals surface area contributed by atoms with Gasteiger partial charge in [0.25, 0.3) is 0 Å². The lowest BCUT2D eigenvalue weighted by Crippen LogP contribution is -2.32. The summed E-state index contributed by atoms with van der Waals surface area (Å²) in [5.74, 6) is 0. The molecule has 3 nitrogen and oxygen atoms in total. The summed E-state index contributed by atoms with van der Waals surface area (Å²) in [6.45, 7) is 5.91. The standard InChI is InChI=1S/C12H21ClN2OS/c1-10(11-4-5-12(13)17-11)14-6-7-15(2)8-9-16-3/h4-5,10,14H,6-9H2,1-3H3. The highest BCUT2D eigenvalue weighted by Crippen LogP contribution is 2.26. The van der Waals surface area contributed by atoms with E-state index < -0.39 is 0 Å². The molecule has 17 heavy (non-hydrogen) atoms. The van der Waals surface area contributed by atoms with Crippen molar-refractivity contribution in [2.75, 3.05) is 40.4 Å². The van der Waals surface area contributed by atoms with Crippen LogP contribution in [0.25, 0.3) is 0 Å². The first-order valence-corrected chi connectivity index (χ1v) is 6.99. The van der Waals surface area contributed by atoms with Gasteiger partial charge in [-0.25, -0.2) is 0 Å². The zero-order valence-electron chi connectivity index (χ0n) is 10.7. The number of likely N-dealkylation sites (N-methyl/N-ethyl adjacent to an activating group) is 1. The molecule has 0 aliphatic carbocycles. The van der Waals surface area contributed by atoms with Crippen LogP contribution in [-0.2, 0) is 4.74 Å². The number of nitrogens with one attached hydrogen (secondary N) is 1. The van der Waals surface area contributed by atoms with Crippen LogP contribution in [0.5, 0.6) is 0 Å². The Kier molecular flexibility index (Phi) is 7.08. The first kappa shape index (κ1) is 14.9. The van der Waals surface area contributed by atoms with Gasteiger partial charge in [-0.05, 0) is 26.1 Å². The molecule has 0 aliphatic rings. The summed E-state index contributed by atoms with van der Waals surface area (Å²) >= 11 is 7.55. The summed E-state index contributed by atoms with van der Waals surface area (Å²) in [5.41, 5.74) is 0. The SMILES string of the molecule is COCCN(C)CCNC(C)c1ccc(Cl)s1. The van der Waals surface area contributed by atoms with Gasteiger partial charge in [-0.15, -0.1) is 11.3 Å². The Morgan fingerprint density at radius 1 is 1.47 bits per heavy atom. The monoisotopic (exact) mass is 276 g/mol. The van der Waals surface area contributed by atoms with E-state index in [-0.39, 0.29) is 0 Å². The summed E-state index contributed by atoms with van der Waals surface area (Å²) in [6, 6.07) is 4.40. The van der Waals surface area contributed by atoms with Gasteiger partial charge in [0.15, 0.2) is 0 Å². The molecule has 1 aromatic rings. The topological polar surface area (TPSA) is 24.5 Å². The minimum absolute atomic E-state index is 0.364. The number of thiophene rings is 1. The molecule has 1 atom stereocenters. The number of nitrogens with zero attached hydrogens (tertiary/aromatic N) is 1. The lowest BCUT2D eigenvalue weighted by molar-refractivity contribution is 0.161. The van der Waals surface area contributed by atoms with Crippen LogP contribution in [0, 0.1) is 0 Å².